The molecule has 0 saturated heterocycles. The first kappa shape index (κ1) is 18.0. The quantitative estimate of drug-likeness (QED) is 0.720. The number of hydrogen-bond acceptors (Lipinski definition) is 4. The first-order chi connectivity index (χ1) is 10.1. The molecule has 0 aliphatic heterocycles. The van der Waals surface area contributed by atoms with Gasteiger partial charge >= 0.3 is 0 Å². The van der Waals surface area contributed by atoms with Gasteiger partial charge in [-0.05, 0) is 25.8 Å². The molecule has 0 aliphatic rings. The third-order valence-corrected chi connectivity index (χ3v) is 4.31. The molecule has 1 N–H and O–H groups in total. The summed E-state index contributed by atoms with van der Waals surface area (Å²) in [7, 11) is 3.50. The van der Waals surface area contributed by atoms with Crippen molar-refractivity contribution in [3.63, 3.8) is 0 Å². The number of rotatable bonds is 10. The molecule has 1 aromatic heterocycles. The lowest BCUT2D eigenvalue weighted by atomic mass is 9.85. The van der Waals surface area contributed by atoms with Gasteiger partial charge in [-0.1, -0.05) is 27.7 Å². The van der Waals surface area contributed by atoms with Gasteiger partial charge in [0.15, 0.2) is 5.75 Å². The van der Waals surface area contributed by atoms with Crippen molar-refractivity contribution in [3.8, 4) is 5.75 Å². The van der Waals surface area contributed by atoms with Crippen molar-refractivity contribution in [2.75, 3.05) is 20.8 Å². The summed E-state index contributed by atoms with van der Waals surface area (Å²) in [6.45, 7) is 10.4. The summed E-state index contributed by atoms with van der Waals surface area (Å²) in [5.74, 6) is 0.831. The number of nitrogens with one attached hydrogen (secondary N) is 1. The minimum atomic E-state index is -0.255. The van der Waals surface area contributed by atoms with Gasteiger partial charge in [-0.25, -0.2) is 0 Å². The van der Waals surface area contributed by atoms with Crippen LogP contribution in [0.2, 0.25) is 0 Å². The van der Waals surface area contributed by atoms with Crippen molar-refractivity contribution in [3.05, 3.63) is 11.9 Å². The van der Waals surface area contributed by atoms with Crippen molar-refractivity contribution in [2.45, 2.75) is 65.1 Å². The molecule has 0 spiro atoms. The first-order valence-electron chi connectivity index (χ1n) is 8.02. The van der Waals surface area contributed by atoms with Crippen LogP contribution in [0.1, 0.15) is 58.7 Å². The molecule has 1 rings (SSSR count). The number of aromatic nitrogens is 2. The van der Waals surface area contributed by atoms with Crippen molar-refractivity contribution in [1.29, 1.82) is 0 Å². The second-order valence-electron chi connectivity index (χ2n) is 5.29. The van der Waals surface area contributed by atoms with Gasteiger partial charge in [-0.15, -0.1) is 0 Å². The lowest BCUT2D eigenvalue weighted by molar-refractivity contribution is -0.0508. The Morgan fingerprint density at radius 2 is 1.90 bits per heavy atom. The van der Waals surface area contributed by atoms with E-state index in [2.05, 4.69) is 38.1 Å². The third kappa shape index (κ3) is 3.58. The maximum Gasteiger partial charge on any atom is 0.161 e. The van der Waals surface area contributed by atoms with Gasteiger partial charge in [0, 0.05) is 13.7 Å². The smallest absolute Gasteiger partial charge is 0.161 e. The lowest BCUT2D eigenvalue weighted by Gasteiger charge is -2.39. The van der Waals surface area contributed by atoms with Crippen LogP contribution < -0.4 is 10.1 Å². The highest BCUT2D eigenvalue weighted by Gasteiger charge is 2.40. The zero-order chi connectivity index (χ0) is 15.9. The minimum Gasteiger partial charge on any atom is -0.493 e. The molecule has 1 unspecified atom stereocenters. The molecule has 5 nitrogen and oxygen atoms in total. The predicted molar refractivity (Wildman–Crippen MR) is 85.8 cm³/mol. The molecular weight excluding hydrogens is 266 g/mol. The van der Waals surface area contributed by atoms with Crippen molar-refractivity contribution < 1.29 is 9.47 Å². The van der Waals surface area contributed by atoms with Crippen LogP contribution in [0.5, 0.6) is 5.75 Å². The van der Waals surface area contributed by atoms with Crippen molar-refractivity contribution in [1.82, 2.24) is 15.1 Å². The molecule has 0 aliphatic carbocycles. The SMILES string of the molecule is CCCn1ncc(OC)c1C(NCC)C(CC)(CC)OC. The highest BCUT2D eigenvalue weighted by Crippen LogP contribution is 2.38. The summed E-state index contributed by atoms with van der Waals surface area (Å²) >= 11 is 0. The monoisotopic (exact) mass is 297 g/mol. The van der Waals surface area contributed by atoms with Gasteiger partial charge in [0.05, 0.1) is 24.9 Å². The number of ether oxygens (including phenoxy) is 2. The van der Waals surface area contributed by atoms with Gasteiger partial charge < -0.3 is 14.8 Å². The second kappa shape index (κ2) is 8.39. The van der Waals surface area contributed by atoms with Crippen LogP contribution in [0.15, 0.2) is 6.20 Å². The highest BCUT2D eigenvalue weighted by molar-refractivity contribution is 5.31. The van der Waals surface area contributed by atoms with Gasteiger partial charge in [-0.2, -0.15) is 5.10 Å². The summed E-state index contributed by atoms with van der Waals surface area (Å²) in [6, 6.07) is 0.0616. The summed E-state index contributed by atoms with van der Waals surface area (Å²) in [4.78, 5) is 0. The van der Waals surface area contributed by atoms with E-state index < -0.39 is 0 Å². The summed E-state index contributed by atoms with van der Waals surface area (Å²) in [5.41, 5.74) is 0.834. The third-order valence-electron chi connectivity index (χ3n) is 4.31. The van der Waals surface area contributed by atoms with Gasteiger partial charge in [-0.3, -0.25) is 4.68 Å². The van der Waals surface area contributed by atoms with E-state index in [4.69, 9.17) is 9.47 Å². The average Bonchev–Trinajstić information content (AvgIpc) is 2.91. The lowest BCUT2D eigenvalue weighted by Crippen LogP contribution is -2.46. The van der Waals surface area contributed by atoms with E-state index >= 15 is 0 Å². The number of methoxy groups -OCH3 is 2. The van der Waals surface area contributed by atoms with E-state index in [0.29, 0.717) is 0 Å². The van der Waals surface area contributed by atoms with E-state index in [-0.39, 0.29) is 11.6 Å². The molecule has 1 aromatic rings. The van der Waals surface area contributed by atoms with Gasteiger partial charge in [0.2, 0.25) is 0 Å². The topological polar surface area (TPSA) is 48.3 Å². The van der Waals surface area contributed by atoms with Crippen LogP contribution in [0, 0.1) is 0 Å². The Hall–Kier alpha value is -1.07. The fourth-order valence-corrected chi connectivity index (χ4v) is 3.02. The van der Waals surface area contributed by atoms with Crippen LogP contribution in [0.4, 0.5) is 0 Å². The molecule has 1 heterocycles. The molecule has 0 fully saturated rings. The largest absolute Gasteiger partial charge is 0.493 e. The Bertz CT molecular complexity index is 405. The molecule has 0 bridgehead atoms. The van der Waals surface area contributed by atoms with Crippen LogP contribution in [-0.4, -0.2) is 36.1 Å². The molecule has 0 radical (unpaired) electrons. The molecule has 122 valence electrons. The summed E-state index contributed by atoms with van der Waals surface area (Å²) in [6.07, 6.45) is 4.70. The standard InChI is InChI=1S/C16H31N3O2/c1-7-11-19-14(13(20-5)12-18-19)15(17-10-4)16(8-2,9-3)21-6/h12,15,17H,7-11H2,1-6H3. The van der Waals surface area contributed by atoms with E-state index in [1.807, 2.05) is 4.68 Å². The van der Waals surface area contributed by atoms with Crippen molar-refractivity contribution >= 4 is 0 Å². The molecule has 0 aromatic carbocycles. The maximum absolute atomic E-state index is 5.95. The Morgan fingerprint density at radius 3 is 2.33 bits per heavy atom. The zero-order valence-electron chi connectivity index (χ0n) is 14.4. The van der Waals surface area contributed by atoms with Gasteiger partial charge in [0.1, 0.15) is 5.69 Å². The van der Waals surface area contributed by atoms with Crippen LogP contribution in [0.3, 0.4) is 0 Å². The fraction of sp³-hybridized carbons (Fsp3) is 0.812. The van der Waals surface area contributed by atoms with Gasteiger partial charge in [0.25, 0.3) is 0 Å². The van der Waals surface area contributed by atoms with E-state index in [9.17, 15) is 0 Å². The van der Waals surface area contributed by atoms with E-state index in [1.54, 1.807) is 20.4 Å². The zero-order valence-corrected chi connectivity index (χ0v) is 14.4. The Kier molecular flexibility index (Phi) is 7.18. The minimum absolute atomic E-state index is 0.0616. The number of hydrogen-bond donors (Lipinski definition) is 1. The average molecular weight is 297 g/mol. The fourth-order valence-electron chi connectivity index (χ4n) is 3.02. The summed E-state index contributed by atoms with van der Waals surface area (Å²) < 4.78 is 13.5. The molecule has 5 heteroatoms. The van der Waals surface area contributed by atoms with Crippen LogP contribution in [0.25, 0.3) is 0 Å². The molecule has 1 atom stereocenters. The summed E-state index contributed by atoms with van der Waals surface area (Å²) in [5, 5.41) is 8.08. The molecular formula is C16H31N3O2. The second-order valence-corrected chi connectivity index (χ2v) is 5.29. The van der Waals surface area contributed by atoms with E-state index in [1.165, 1.54) is 0 Å². The Labute approximate surface area is 129 Å². The van der Waals surface area contributed by atoms with E-state index in [0.717, 1.165) is 43.8 Å². The first-order valence-corrected chi connectivity index (χ1v) is 8.02. The Balaban J connectivity index is 3.35. The van der Waals surface area contributed by atoms with Crippen LogP contribution >= 0.6 is 0 Å². The Morgan fingerprint density at radius 1 is 1.24 bits per heavy atom. The normalized spacial score (nSPS) is 13.4. The number of nitrogens with zero attached hydrogens (tertiary/aromatic N) is 2. The predicted octanol–water partition coefficient (Wildman–Crippen LogP) is 3.16. The molecule has 21 heavy (non-hydrogen) atoms. The molecule has 0 amide bonds. The maximum atomic E-state index is 5.95. The van der Waals surface area contributed by atoms with Crippen LogP contribution in [-0.2, 0) is 11.3 Å². The number of likely N-dealkylation sites (N-methyl/N-ethyl adjacent to an activating group) is 1. The highest BCUT2D eigenvalue weighted by atomic mass is 16.5. The molecule has 0 saturated carbocycles. The van der Waals surface area contributed by atoms with Crippen molar-refractivity contribution in [2.24, 2.45) is 0 Å². The number of aryl methyl sites for hydroxylation is 1.